The number of fused-ring (bicyclic) bond motifs is 1. The summed E-state index contributed by atoms with van der Waals surface area (Å²) in [4.78, 5) is 24.2. The Kier molecular flexibility index (Phi) is 5.53. The number of halogens is 1. The van der Waals surface area contributed by atoms with Crippen LogP contribution in [0.3, 0.4) is 0 Å². The third kappa shape index (κ3) is 3.94. The standard InChI is InChI=1S/C25H24ClN5O/c1-17-9-10-21(20(26)16-17)29-25(32)30-14-11-19(12-15-30)31-23(18-6-3-2-4-7-18)28-22-8-5-13-27-24(22)31/h2-10,13,16,19H,11-12,14-15H2,1H3,(H,29,32). The minimum absolute atomic E-state index is 0.119. The number of pyridine rings is 1. The first kappa shape index (κ1) is 20.5. The Morgan fingerprint density at radius 1 is 1.06 bits per heavy atom. The van der Waals surface area contributed by atoms with E-state index in [0.29, 0.717) is 23.8 Å². The number of benzene rings is 2. The molecule has 1 aliphatic rings. The molecule has 2 aromatic carbocycles. The predicted octanol–water partition coefficient (Wildman–Crippen LogP) is 5.93. The van der Waals surface area contributed by atoms with Gasteiger partial charge in [0, 0.05) is 30.9 Å². The van der Waals surface area contributed by atoms with Crippen molar-refractivity contribution in [2.24, 2.45) is 0 Å². The summed E-state index contributed by atoms with van der Waals surface area (Å²) in [6.45, 7) is 3.28. The largest absolute Gasteiger partial charge is 0.324 e. The molecule has 7 heteroatoms. The molecule has 1 N–H and O–H groups in total. The van der Waals surface area contributed by atoms with E-state index in [1.165, 1.54) is 0 Å². The lowest BCUT2D eigenvalue weighted by atomic mass is 10.0. The summed E-state index contributed by atoms with van der Waals surface area (Å²) >= 11 is 6.28. The number of aryl methyl sites for hydroxylation is 1. The molecule has 1 fully saturated rings. The number of hydrogen-bond donors (Lipinski definition) is 1. The summed E-state index contributed by atoms with van der Waals surface area (Å²) < 4.78 is 2.25. The molecule has 1 saturated heterocycles. The normalized spacial score (nSPS) is 14.6. The maximum absolute atomic E-state index is 12.8. The number of nitrogens with zero attached hydrogens (tertiary/aromatic N) is 4. The first-order valence-corrected chi connectivity index (χ1v) is 11.2. The second kappa shape index (κ2) is 8.63. The van der Waals surface area contributed by atoms with Gasteiger partial charge in [-0.15, -0.1) is 0 Å². The van der Waals surface area contributed by atoms with Crippen LogP contribution in [0.2, 0.25) is 5.02 Å². The number of carbonyl (C=O) groups is 1. The fourth-order valence-electron chi connectivity index (χ4n) is 4.31. The Bertz CT molecular complexity index is 1260. The third-order valence-corrected chi connectivity index (χ3v) is 6.28. The molecule has 0 atom stereocenters. The number of likely N-dealkylation sites (tertiary alicyclic amines) is 1. The number of hydrogen-bond acceptors (Lipinski definition) is 3. The first-order valence-electron chi connectivity index (χ1n) is 10.8. The van der Waals surface area contributed by atoms with Gasteiger partial charge in [0.2, 0.25) is 0 Å². The molecule has 6 nitrogen and oxygen atoms in total. The lowest BCUT2D eigenvalue weighted by Gasteiger charge is -2.33. The van der Waals surface area contributed by atoms with E-state index < -0.39 is 0 Å². The van der Waals surface area contributed by atoms with Crippen LogP contribution in [0, 0.1) is 6.92 Å². The van der Waals surface area contributed by atoms with Gasteiger partial charge in [0.1, 0.15) is 11.3 Å². The van der Waals surface area contributed by atoms with E-state index in [1.54, 1.807) is 0 Å². The predicted molar refractivity (Wildman–Crippen MR) is 128 cm³/mol. The molecule has 0 saturated carbocycles. The number of aromatic nitrogens is 3. The van der Waals surface area contributed by atoms with Gasteiger partial charge < -0.3 is 14.8 Å². The zero-order valence-electron chi connectivity index (χ0n) is 17.8. The highest BCUT2D eigenvalue weighted by molar-refractivity contribution is 6.33. The summed E-state index contributed by atoms with van der Waals surface area (Å²) in [5.41, 5.74) is 4.55. The van der Waals surface area contributed by atoms with Crippen molar-refractivity contribution >= 4 is 34.5 Å². The molecule has 0 bridgehead atoms. The maximum atomic E-state index is 12.8. The quantitative estimate of drug-likeness (QED) is 0.425. The molecule has 4 aromatic rings. The van der Waals surface area contributed by atoms with Crippen LogP contribution in [-0.2, 0) is 0 Å². The van der Waals surface area contributed by atoms with Crippen LogP contribution >= 0.6 is 11.6 Å². The smallest absolute Gasteiger partial charge is 0.321 e. The minimum Gasteiger partial charge on any atom is -0.324 e. The van der Waals surface area contributed by atoms with Crippen molar-refractivity contribution in [1.29, 1.82) is 0 Å². The van der Waals surface area contributed by atoms with E-state index in [9.17, 15) is 4.79 Å². The van der Waals surface area contributed by atoms with Crippen molar-refractivity contribution in [2.45, 2.75) is 25.8 Å². The number of rotatable bonds is 3. The van der Waals surface area contributed by atoms with E-state index in [-0.39, 0.29) is 12.1 Å². The maximum Gasteiger partial charge on any atom is 0.321 e. The number of amides is 2. The summed E-state index contributed by atoms with van der Waals surface area (Å²) in [6.07, 6.45) is 3.47. The van der Waals surface area contributed by atoms with Crippen LogP contribution in [0.15, 0.2) is 66.9 Å². The van der Waals surface area contributed by atoms with Crippen LogP contribution in [0.1, 0.15) is 24.4 Å². The number of carbonyl (C=O) groups excluding carboxylic acids is 1. The van der Waals surface area contributed by atoms with E-state index in [2.05, 4.69) is 27.0 Å². The second-order valence-electron chi connectivity index (χ2n) is 8.15. The van der Waals surface area contributed by atoms with Crippen LogP contribution in [-0.4, -0.2) is 38.6 Å². The Labute approximate surface area is 191 Å². The zero-order chi connectivity index (χ0) is 22.1. The molecule has 1 aliphatic heterocycles. The van der Waals surface area contributed by atoms with E-state index >= 15 is 0 Å². The molecule has 3 heterocycles. The Morgan fingerprint density at radius 2 is 1.84 bits per heavy atom. The van der Waals surface area contributed by atoms with Gasteiger partial charge in [0.25, 0.3) is 0 Å². The number of urea groups is 1. The number of nitrogens with one attached hydrogen (secondary N) is 1. The van der Waals surface area contributed by atoms with Crippen molar-refractivity contribution in [1.82, 2.24) is 19.4 Å². The molecular weight excluding hydrogens is 422 g/mol. The van der Waals surface area contributed by atoms with Crippen LogP contribution in [0.4, 0.5) is 10.5 Å². The summed E-state index contributed by atoms with van der Waals surface area (Å²) in [5, 5.41) is 3.50. The fourth-order valence-corrected chi connectivity index (χ4v) is 4.59. The fraction of sp³-hybridized carbons (Fsp3) is 0.240. The molecule has 0 radical (unpaired) electrons. The van der Waals surface area contributed by atoms with E-state index in [0.717, 1.165) is 41.0 Å². The third-order valence-electron chi connectivity index (χ3n) is 5.96. The molecule has 5 rings (SSSR count). The highest BCUT2D eigenvalue weighted by atomic mass is 35.5. The van der Waals surface area contributed by atoms with Crippen LogP contribution in [0.5, 0.6) is 0 Å². The zero-order valence-corrected chi connectivity index (χ0v) is 18.6. The average molecular weight is 446 g/mol. The molecular formula is C25H24ClN5O. The molecule has 162 valence electrons. The van der Waals surface area contributed by atoms with Crippen molar-refractivity contribution in [3.8, 4) is 11.4 Å². The van der Waals surface area contributed by atoms with Gasteiger partial charge in [-0.2, -0.15) is 0 Å². The van der Waals surface area contributed by atoms with E-state index in [1.807, 2.05) is 66.6 Å². The summed E-state index contributed by atoms with van der Waals surface area (Å²) in [6, 6.07) is 19.9. The summed E-state index contributed by atoms with van der Waals surface area (Å²) in [7, 11) is 0. The SMILES string of the molecule is Cc1ccc(NC(=O)N2CCC(n3c(-c4ccccc4)nc4cccnc43)CC2)c(Cl)c1. The Morgan fingerprint density at radius 3 is 2.59 bits per heavy atom. The molecule has 2 amide bonds. The highest BCUT2D eigenvalue weighted by Gasteiger charge is 2.28. The van der Waals surface area contributed by atoms with Crippen LogP contribution < -0.4 is 5.32 Å². The second-order valence-corrected chi connectivity index (χ2v) is 8.56. The number of anilines is 1. The van der Waals surface area contributed by atoms with Gasteiger partial charge in [-0.1, -0.05) is 48.0 Å². The van der Waals surface area contributed by atoms with Gasteiger partial charge >= 0.3 is 6.03 Å². The molecule has 2 aromatic heterocycles. The Hall–Kier alpha value is -3.38. The van der Waals surface area contributed by atoms with Gasteiger partial charge in [-0.3, -0.25) is 0 Å². The lowest BCUT2D eigenvalue weighted by molar-refractivity contribution is 0.185. The van der Waals surface area contributed by atoms with Gasteiger partial charge in [0.05, 0.1) is 10.7 Å². The van der Waals surface area contributed by atoms with Gasteiger partial charge in [0.15, 0.2) is 5.65 Å². The number of imidazole rings is 1. The first-order chi connectivity index (χ1) is 15.6. The minimum atomic E-state index is -0.119. The monoisotopic (exact) mass is 445 g/mol. The molecule has 0 aliphatic carbocycles. The van der Waals surface area contributed by atoms with Crippen LogP contribution in [0.25, 0.3) is 22.6 Å². The van der Waals surface area contributed by atoms with Crippen molar-refractivity contribution in [2.75, 3.05) is 18.4 Å². The average Bonchev–Trinajstić information content (AvgIpc) is 3.21. The molecule has 0 spiro atoms. The van der Waals surface area contributed by atoms with E-state index in [4.69, 9.17) is 16.6 Å². The van der Waals surface area contributed by atoms with Gasteiger partial charge in [-0.05, 0) is 49.6 Å². The van der Waals surface area contributed by atoms with Gasteiger partial charge in [-0.25, -0.2) is 14.8 Å². The Balaban J connectivity index is 1.36. The molecule has 32 heavy (non-hydrogen) atoms. The van der Waals surface area contributed by atoms with Crippen molar-refractivity contribution in [3.63, 3.8) is 0 Å². The lowest BCUT2D eigenvalue weighted by Crippen LogP contribution is -2.41. The van der Waals surface area contributed by atoms with Crippen molar-refractivity contribution in [3.05, 3.63) is 77.4 Å². The summed E-state index contributed by atoms with van der Waals surface area (Å²) in [5.74, 6) is 0.925. The number of piperidine rings is 1. The topological polar surface area (TPSA) is 63.1 Å². The molecule has 0 unspecified atom stereocenters. The van der Waals surface area contributed by atoms with Crippen molar-refractivity contribution < 1.29 is 4.79 Å². The highest BCUT2D eigenvalue weighted by Crippen LogP contribution is 2.33.